The second-order valence-electron chi connectivity index (χ2n) is 1.000. The van der Waals surface area contributed by atoms with Crippen molar-refractivity contribution < 1.29 is 7.56 Å². The molecule has 0 amide bonds. The average molecular weight is 217 g/mol. The molecule has 0 N–H and O–H groups in total. The predicted molar refractivity (Wildman–Crippen MR) is 31.1 cm³/mol. The summed E-state index contributed by atoms with van der Waals surface area (Å²) in [6.45, 7) is 4.36. The van der Waals surface area contributed by atoms with Gasteiger partial charge in [0.15, 0.2) is 0 Å². The molecule has 0 aromatic rings. The molecule has 0 heterocycles. The number of rotatable bonds is 1. The smallest absolute Gasteiger partial charge is 1.00 e. The maximum atomic E-state index is 2.18. The maximum Gasteiger partial charge on any atom is 2.00 e. The number of halogens is 1. The Morgan fingerprint density at radius 3 is 1.33 bits per heavy atom. The molecule has 0 aliphatic heterocycles. The number of hydrogen-bond acceptors (Lipinski definition) is 0. The quantitative estimate of drug-likeness (QED) is 0.588. The molecule has 0 rings (SSSR count). The Hall–Kier alpha value is 1.50. The topological polar surface area (TPSA) is 0 Å². The van der Waals surface area contributed by atoms with Crippen LogP contribution in [0.4, 0.5) is 4.70 Å². The maximum absolute atomic E-state index is 2.18. The first-order valence-electron chi connectivity index (χ1n) is 1.91. The van der Waals surface area contributed by atoms with E-state index in [0.29, 0.717) is 0 Å². The molecule has 0 saturated carbocycles. The van der Waals surface area contributed by atoms with Gasteiger partial charge in [0, 0.05) is 0 Å². The minimum atomic E-state index is 0. The van der Waals surface area contributed by atoms with Crippen LogP contribution in [0.25, 0.3) is 0 Å². The van der Waals surface area contributed by atoms with E-state index in [4.69, 9.17) is 0 Å². The van der Waals surface area contributed by atoms with Crippen molar-refractivity contribution in [2.45, 2.75) is 26.7 Å². The van der Waals surface area contributed by atoms with Gasteiger partial charge in [0.2, 0.25) is 0 Å². The van der Waals surface area contributed by atoms with Crippen molar-refractivity contribution in [2.24, 2.45) is 0 Å². The Morgan fingerprint density at radius 2 is 1.33 bits per heavy atom. The van der Waals surface area contributed by atoms with Crippen LogP contribution in [0.1, 0.15) is 29.5 Å². The van der Waals surface area contributed by atoms with Gasteiger partial charge in [0.25, 0.3) is 0 Å². The first-order chi connectivity index (χ1) is 1.91. The molecular weight excluding hydrogens is 204 g/mol. The van der Waals surface area contributed by atoms with E-state index in [-0.39, 0.29) is 56.4 Å². The fraction of sp³-hybridized carbons (Fsp3) is 1.00. The second kappa shape index (κ2) is 16.0. The molecule has 0 saturated heterocycles. The van der Waals surface area contributed by atoms with Crippen molar-refractivity contribution in [1.29, 1.82) is 0 Å². The zero-order valence-corrected chi connectivity index (χ0v) is 8.97. The van der Waals surface area contributed by atoms with Crippen molar-refractivity contribution in [3.05, 3.63) is 0 Å². The molecule has 0 fully saturated rings. The van der Waals surface area contributed by atoms with Gasteiger partial charge in [-0.05, 0) is 0 Å². The van der Waals surface area contributed by atoms with E-state index >= 15 is 0 Å². The van der Waals surface area contributed by atoms with E-state index < -0.39 is 0 Å². The van der Waals surface area contributed by atoms with Crippen LogP contribution in [0, 0.1) is 0 Å². The van der Waals surface area contributed by atoms with Crippen LogP contribution in [-0.4, -0.2) is 48.9 Å². The number of hydrogen-bond donors (Lipinski definition) is 0. The van der Waals surface area contributed by atoms with Crippen molar-refractivity contribution in [3.63, 3.8) is 0 Å². The molecule has 0 unspecified atom stereocenters. The largest absolute Gasteiger partial charge is 2.00 e. The molecule has 0 aromatic heterocycles. The van der Waals surface area contributed by atoms with E-state index in [2.05, 4.69) is 13.8 Å². The summed E-state index contributed by atoms with van der Waals surface area (Å²) in [6, 6.07) is 0. The van der Waals surface area contributed by atoms with Crippen molar-refractivity contribution in [2.75, 3.05) is 0 Å². The molecule has 0 radical (unpaired) electrons. The van der Waals surface area contributed by atoms with Crippen LogP contribution >= 0.6 is 0 Å². The first-order valence-corrected chi connectivity index (χ1v) is 1.91. The van der Waals surface area contributed by atoms with Gasteiger partial charge < -0.3 is 2.85 Å². The Morgan fingerprint density at radius 1 is 1.17 bits per heavy atom. The molecule has 0 nitrogen and oxygen atoms in total. The molecule has 38 valence electrons. The van der Waals surface area contributed by atoms with Gasteiger partial charge in [-0.3, -0.25) is 4.70 Å². The molecule has 0 spiro atoms. The number of unbranched alkanes of at least 4 members (excludes halogenated alkanes) is 1. The van der Waals surface area contributed by atoms with Crippen LogP contribution in [0.5, 0.6) is 0 Å². The van der Waals surface area contributed by atoms with Crippen LogP contribution in [0.2, 0.25) is 0 Å². The van der Waals surface area contributed by atoms with Crippen LogP contribution in [-0.2, 0) is 0 Å². The monoisotopic (exact) mass is 218 g/mol. The van der Waals surface area contributed by atoms with E-state index in [1.807, 2.05) is 0 Å². The fourth-order valence-electron chi connectivity index (χ4n) is 0. The van der Waals surface area contributed by atoms with Gasteiger partial charge in [0.1, 0.15) is 0 Å². The van der Waals surface area contributed by atoms with Crippen molar-refractivity contribution >= 4 is 48.9 Å². The second-order valence-corrected chi connectivity index (χ2v) is 1.000. The predicted octanol–water partition coefficient (Wildman–Crippen LogP) is 1.80. The molecule has 0 aliphatic carbocycles. The third-order valence-corrected chi connectivity index (χ3v) is 0.500. The SMILES string of the molecule is CCCC.F.[Ba+2].[H-].[H-]. The zero-order chi connectivity index (χ0) is 3.41. The molecule has 2 heteroatoms. The molecule has 0 bridgehead atoms. The summed E-state index contributed by atoms with van der Waals surface area (Å²) >= 11 is 0. The first kappa shape index (κ1) is 15.6. The summed E-state index contributed by atoms with van der Waals surface area (Å²) in [7, 11) is 0. The van der Waals surface area contributed by atoms with Gasteiger partial charge in [0.05, 0.1) is 0 Å². The Kier molecular flexibility index (Phi) is 41.9. The minimum Gasteiger partial charge on any atom is -1.00 e. The summed E-state index contributed by atoms with van der Waals surface area (Å²) in [5.74, 6) is 0. The van der Waals surface area contributed by atoms with Gasteiger partial charge in [-0.15, -0.1) is 0 Å². The van der Waals surface area contributed by atoms with Crippen molar-refractivity contribution in [1.82, 2.24) is 0 Å². The van der Waals surface area contributed by atoms with Crippen LogP contribution in [0.15, 0.2) is 0 Å². The average Bonchev–Trinajstić information content (AvgIpc) is 1.37. The Balaban J connectivity index is -0.00000000750. The Bertz CT molecular complexity index is 16.0. The van der Waals surface area contributed by atoms with Gasteiger partial charge >= 0.3 is 48.9 Å². The van der Waals surface area contributed by atoms with Gasteiger partial charge in [-0.2, -0.15) is 0 Å². The fourth-order valence-corrected chi connectivity index (χ4v) is 0. The van der Waals surface area contributed by atoms with Crippen molar-refractivity contribution in [3.8, 4) is 0 Å². The summed E-state index contributed by atoms with van der Waals surface area (Å²) in [6.07, 6.45) is 2.64. The summed E-state index contributed by atoms with van der Waals surface area (Å²) in [4.78, 5) is 0. The third-order valence-electron chi connectivity index (χ3n) is 0.500. The van der Waals surface area contributed by atoms with Gasteiger partial charge in [-0.25, -0.2) is 0 Å². The zero-order valence-electron chi connectivity index (χ0n) is 6.53. The van der Waals surface area contributed by atoms with E-state index in [1.165, 1.54) is 12.8 Å². The molecule has 6 heavy (non-hydrogen) atoms. The van der Waals surface area contributed by atoms with Crippen LogP contribution in [0.3, 0.4) is 0 Å². The molecule has 0 aliphatic rings. The molecular formula is C4H13BaF. The minimum absolute atomic E-state index is 0. The van der Waals surface area contributed by atoms with Gasteiger partial charge in [-0.1, -0.05) is 26.7 Å². The van der Waals surface area contributed by atoms with E-state index in [1.54, 1.807) is 0 Å². The summed E-state index contributed by atoms with van der Waals surface area (Å²) in [5, 5.41) is 0. The van der Waals surface area contributed by atoms with E-state index in [0.717, 1.165) is 0 Å². The molecule has 0 atom stereocenters. The van der Waals surface area contributed by atoms with Crippen LogP contribution < -0.4 is 0 Å². The summed E-state index contributed by atoms with van der Waals surface area (Å²) < 4.78 is 0. The molecule has 0 aromatic carbocycles. The normalized spacial score (nSPS) is 5.00. The van der Waals surface area contributed by atoms with E-state index in [9.17, 15) is 0 Å². The third kappa shape index (κ3) is 17.8. The summed E-state index contributed by atoms with van der Waals surface area (Å²) in [5.41, 5.74) is 0. The standard InChI is InChI=1S/C4H10.Ba.FH.2H/c1-3-4-2;;;;/h3-4H2,1-2H3;;1H;;/q;+2;;2*-1. The Labute approximate surface area is 82.1 Å².